The van der Waals surface area contributed by atoms with Gasteiger partial charge < -0.3 is 0 Å². The highest BCUT2D eigenvalue weighted by atomic mass is 35.7. The summed E-state index contributed by atoms with van der Waals surface area (Å²) in [5.74, 6) is 0. The van der Waals surface area contributed by atoms with Crippen molar-refractivity contribution in [3.63, 3.8) is 0 Å². The summed E-state index contributed by atoms with van der Waals surface area (Å²) in [6, 6.07) is 4.87. The van der Waals surface area contributed by atoms with E-state index in [9.17, 15) is 8.42 Å². The standard InChI is InChI=1S/C10H7Cl2NO2S/c1-6-4-8-7(2-3-13-10(8)11)9(5-6)16(12,14)15/h2-5H,1H3. The first-order chi connectivity index (χ1) is 7.39. The van der Waals surface area contributed by atoms with Crippen LogP contribution in [0.2, 0.25) is 5.15 Å². The van der Waals surface area contributed by atoms with Crippen LogP contribution in [-0.2, 0) is 9.05 Å². The van der Waals surface area contributed by atoms with Gasteiger partial charge in [-0.3, -0.25) is 0 Å². The number of benzene rings is 1. The normalized spacial score (nSPS) is 11.9. The predicted octanol–water partition coefficient (Wildman–Crippen LogP) is 3.12. The number of hydrogen-bond acceptors (Lipinski definition) is 3. The molecule has 0 bridgehead atoms. The maximum Gasteiger partial charge on any atom is 0.261 e. The second-order valence-electron chi connectivity index (χ2n) is 3.40. The molecule has 1 aromatic carbocycles. The Morgan fingerprint density at radius 2 is 1.94 bits per heavy atom. The van der Waals surface area contributed by atoms with E-state index in [1.807, 2.05) is 0 Å². The van der Waals surface area contributed by atoms with Crippen molar-refractivity contribution in [2.75, 3.05) is 0 Å². The van der Waals surface area contributed by atoms with Crippen LogP contribution < -0.4 is 0 Å². The summed E-state index contributed by atoms with van der Waals surface area (Å²) in [6.07, 6.45) is 1.45. The number of hydrogen-bond donors (Lipinski definition) is 0. The molecule has 0 fully saturated rings. The fourth-order valence-electron chi connectivity index (χ4n) is 1.56. The lowest BCUT2D eigenvalue weighted by atomic mass is 10.1. The molecule has 0 unspecified atom stereocenters. The molecule has 2 aromatic rings. The molecule has 3 nitrogen and oxygen atoms in total. The predicted molar refractivity (Wildman–Crippen MR) is 64.5 cm³/mol. The molecule has 0 saturated carbocycles. The smallest absolute Gasteiger partial charge is 0.244 e. The van der Waals surface area contributed by atoms with Gasteiger partial charge in [0, 0.05) is 27.7 Å². The van der Waals surface area contributed by atoms with E-state index in [2.05, 4.69) is 4.98 Å². The quantitative estimate of drug-likeness (QED) is 0.594. The zero-order valence-electron chi connectivity index (χ0n) is 8.24. The lowest BCUT2D eigenvalue weighted by Gasteiger charge is -2.06. The van der Waals surface area contributed by atoms with Crippen molar-refractivity contribution in [2.24, 2.45) is 0 Å². The van der Waals surface area contributed by atoms with Crippen molar-refractivity contribution < 1.29 is 8.42 Å². The number of rotatable bonds is 1. The van der Waals surface area contributed by atoms with Crippen molar-refractivity contribution in [3.8, 4) is 0 Å². The molecule has 0 aliphatic heterocycles. The first-order valence-electron chi connectivity index (χ1n) is 4.39. The van der Waals surface area contributed by atoms with Gasteiger partial charge in [0.25, 0.3) is 9.05 Å². The average Bonchev–Trinajstić information content (AvgIpc) is 2.17. The number of aryl methyl sites for hydroxylation is 1. The van der Waals surface area contributed by atoms with Gasteiger partial charge in [-0.2, -0.15) is 0 Å². The molecule has 84 valence electrons. The first kappa shape index (κ1) is 11.6. The number of halogens is 2. The molecule has 0 radical (unpaired) electrons. The molecule has 0 aliphatic carbocycles. The molecule has 16 heavy (non-hydrogen) atoms. The van der Waals surface area contributed by atoms with E-state index in [4.69, 9.17) is 22.3 Å². The second kappa shape index (κ2) is 3.87. The Labute approximate surface area is 102 Å². The Hall–Kier alpha value is -0.840. The summed E-state index contributed by atoms with van der Waals surface area (Å²) in [6.45, 7) is 1.77. The van der Waals surface area contributed by atoms with Crippen molar-refractivity contribution in [1.82, 2.24) is 4.98 Å². The van der Waals surface area contributed by atoms with Gasteiger partial charge in [-0.05, 0) is 30.7 Å². The maximum absolute atomic E-state index is 11.4. The summed E-state index contributed by atoms with van der Waals surface area (Å²) in [7, 11) is 1.59. The Kier molecular flexibility index (Phi) is 2.82. The Bertz CT molecular complexity index is 668. The third-order valence-corrected chi connectivity index (χ3v) is 3.86. The molecule has 1 heterocycles. The minimum atomic E-state index is -3.78. The first-order valence-corrected chi connectivity index (χ1v) is 7.08. The number of fused-ring (bicyclic) bond motifs is 1. The van der Waals surface area contributed by atoms with E-state index in [0.717, 1.165) is 5.56 Å². The molecule has 0 atom stereocenters. The lowest BCUT2D eigenvalue weighted by Crippen LogP contribution is -1.94. The van der Waals surface area contributed by atoms with Gasteiger partial charge >= 0.3 is 0 Å². The molecule has 1 aromatic heterocycles. The maximum atomic E-state index is 11.4. The van der Waals surface area contributed by atoms with E-state index in [1.54, 1.807) is 19.1 Å². The van der Waals surface area contributed by atoms with Crippen LogP contribution in [0.3, 0.4) is 0 Å². The summed E-state index contributed by atoms with van der Waals surface area (Å²) in [5.41, 5.74) is 0.765. The van der Waals surface area contributed by atoms with Crippen LogP contribution in [0.15, 0.2) is 29.3 Å². The number of aromatic nitrogens is 1. The zero-order valence-corrected chi connectivity index (χ0v) is 10.6. The summed E-state index contributed by atoms with van der Waals surface area (Å²) in [5, 5.41) is 1.34. The van der Waals surface area contributed by atoms with E-state index < -0.39 is 9.05 Å². The van der Waals surface area contributed by atoms with E-state index >= 15 is 0 Å². The Morgan fingerprint density at radius 3 is 2.56 bits per heavy atom. The summed E-state index contributed by atoms with van der Waals surface area (Å²) >= 11 is 5.90. The highest BCUT2D eigenvalue weighted by Crippen LogP contribution is 2.30. The van der Waals surface area contributed by atoms with Crippen molar-refractivity contribution >= 4 is 42.1 Å². The molecular formula is C10H7Cl2NO2S. The summed E-state index contributed by atoms with van der Waals surface area (Å²) in [4.78, 5) is 3.96. The van der Waals surface area contributed by atoms with Gasteiger partial charge in [0.1, 0.15) is 5.15 Å². The van der Waals surface area contributed by atoms with Crippen LogP contribution >= 0.6 is 22.3 Å². The van der Waals surface area contributed by atoms with Crippen LogP contribution in [0, 0.1) is 6.92 Å². The van der Waals surface area contributed by atoms with E-state index in [1.165, 1.54) is 12.3 Å². The van der Waals surface area contributed by atoms with Gasteiger partial charge in [-0.25, -0.2) is 13.4 Å². The van der Waals surface area contributed by atoms with Crippen LogP contribution in [0.25, 0.3) is 10.8 Å². The third-order valence-electron chi connectivity index (χ3n) is 2.20. The van der Waals surface area contributed by atoms with Crippen LogP contribution in [0.1, 0.15) is 5.56 Å². The van der Waals surface area contributed by atoms with E-state index in [0.29, 0.717) is 10.8 Å². The zero-order chi connectivity index (χ0) is 11.9. The minimum absolute atomic E-state index is 0.0634. The van der Waals surface area contributed by atoms with Crippen LogP contribution in [0.5, 0.6) is 0 Å². The summed E-state index contributed by atoms with van der Waals surface area (Å²) < 4.78 is 22.8. The second-order valence-corrected chi connectivity index (χ2v) is 6.29. The van der Waals surface area contributed by atoms with Crippen molar-refractivity contribution in [2.45, 2.75) is 11.8 Å². The molecule has 0 saturated heterocycles. The molecule has 6 heteroatoms. The van der Waals surface area contributed by atoms with Gasteiger partial charge in [0.2, 0.25) is 0 Å². The molecule has 0 N–H and O–H groups in total. The van der Waals surface area contributed by atoms with Gasteiger partial charge in [0.15, 0.2) is 0 Å². The van der Waals surface area contributed by atoms with E-state index in [-0.39, 0.29) is 10.0 Å². The van der Waals surface area contributed by atoms with Gasteiger partial charge in [0.05, 0.1) is 4.90 Å². The monoisotopic (exact) mass is 275 g/mol. The molecule has 2 rings (SSSR count). The molecule has 0 aliphatic rings. The van der Waals surface area contributed by atoms with Gasteiger partial charge in [-0.1, -0.05) is 11.6 Å². The molecule has 0 amide bonds. The third kappa shape index (κ3) is 2.00. The van der Waals surface area contributed by atoms with Crippen molar-refractivity contribution in [1.29, 1.82) is 0 Å². The largest absolute Gasteiger partial charge is 0.261 e. The minimum Gasteiger partial charge on any atom is -0.244 e. The van der Waals surface area contributed by atoms with Gasteiger partial charge in [-0.15, -0.1) is 0 Å². The lowest BCUT2D eigenvalue weighted by molar-refractivity contribution is 0.610. The SMILES string of the molecule is Cc1cc(S(=O)(=O)Cl)c2ccnc(Cl)c2c1. The number of pyridine rings is 1. The highest BCUT2D eigenvalue weighted by molar-refractivity contribution is 8.14. The average molecular weight is 276 g/mol. The fraction of sp³-hybridized carbons (Fsp3) is 0.100. The number of nitrogens with zero attached hydrogens (tertiary/aromatic N) is 1. The topological polar surface area (TPSA) is 47.0 Å². The van der Waals surface area contributed by atoms with Crippen LogP contribution in [-0.4, -0.2) is 13.4 Å². The molecule has 0 spiro atoms. The molecular weight excluding hydrogens is 269 g/mol. The van der Waals surface area contributed by atoms with Crippen LogP contribution in [0.4, 0.5) is 0 Å². The Morgan fingerprint density at radius 1 is 1.25 bits per heavy atom. The highest BCUT2D eigenvalue weighted by Gasteiger charge is 2.16. The Balaban J connectivity index is 3.01. The fourth-order valence-corrected chi connectivity index (χ4v) is 2.92. The van der Waals surface area contributed by atoms with Crippen molar-refractivity contribution in [3.05, 3.63) is 35.1 Å².